The van der Waals surface area contributed by atoms with E-state index in [1.54, 1.807) is 23.5 Å². The number of nitrogens with zero attached hydrogens (tertiary/aromatic N) is 3. The summed E-state index contributed by atoms with van der Waals surface area (Å²) in [5, 5.41) is 16.8. The molecule has 0 aliphatic heterocycles. The first-order valence-electron chi connectivity index (χ1n) is 10.8. The van der Waals surface area contributed by atoms with Gasteiger partial charge >= 0.3 is 0 Å². The summed E-state index contributed by atoms with van der Waals surface area (Å²) in [7, 11) is -2.69. The van der Waals surface area contributed by atoms with Crippen molar-refractivity contribution in [3.63, 3.8) is 0 Å². The normalized spacial score (nSPS) is 11.9. The van der Waals surface area contributed by atoms with Crippen LogP contribution in [-0.2, 0) is 17.3 Å². The minimum atomic E-state index is -2.69. The zero-order chi connectivity index (χ0) is 24.0. The van der Waals surface area contributed by atoms with Crippen molar-refractivity contribution in [2.45, 2.75) is 12.5 Å². The molecule has 2 N–H and O–H groups in total. The quantitative estimate of drug-likeness (QED) is 0.217. The summed E-state index contributed by atoms with van der Waals surface area (Å²) in [4.78, 5) is 4.92. The van der Waals surface area contributed by atoms with E-state index in [4.69, 9.17) is 4.98 Å². The number of hydrogen-bond acceptors (Lipinski definition) is 8. The van der Waals surface area contributed by atoms with Gasteiger partial charge in [-0.05, 0) is 24.1 Å². The molecule has 1 atom stereocenters. The first-order chi connectivity index (χ1) is 17.1. The van der Waals surface area contributed by atoms with Crippen molar-refractivity contribution in [2.75, 3.05) is 10.0 Å². The molecule has 0 radical (unpaired) electrons. The molecule has 0 spiro atoms. The molecule has 3 aromatic carbocycles. The minimum Gasteiger partial charge on any atom is -0.351 e. The Hall–Kier alpha value is -3.60. The lowest BCUT2D eigenvalue weighted by molar-refractivity contribution is 0.619. The van der Waals surface area contributed by atoms with Crippen LogP contribution in [0.25, 0.3) is 21.1 Å². The fourth-order valence-corrected chi connectivity index (χ4v) is 5.61. The fraction of sp³-hybridized carbons (Fsp3) is 0.0800. The van der Waals surface area contributed by atoms with Crippen LogP contribution >= 0.6 is 22.7 Å². The zero-order valence-electron chi connectivity index (χ0n) is 18.4. The van der Waals surface area contributed by atoms with Gasteiger partial charge < -0.3 is 5.32 Å². The summed E-state index contributed by atoms with van der Waals surface area (Å²) in [6, 6.07) is 27.3. The Morgan fingerprint density at radius 2 is 1.46 bits per heavy atom. The average molecular weight is 520 g/mol. The molecular formula is C25H21N5O2S3. The van der Waals surface area contributed by atoms with E-state index in [1.807, 2.05) is 60.7 Å². The standard InChI is InChI=1S/C25H21N5O2S3/c31-35(32)30-20-13-11-17(12-14-20)15-21(22-16-33-23(26-22)18-7-3-1-4-8-18)27-25-29-28-24(34-25)19-9-5-2-6-10-19/h1-14,16,21,35H,15H2,(H,27,29)(H,30,31,32)/t21-/m0/s1. The molecule has 2 heterocycles. The van der Waals surface area contributed by atoms with Gasteiger partial charge in [0.1, 0.15) is 10.0 Å². The number of nitrogens with one attached hydrogen (secondary N) is 2. The van der Waals surface area contributed by atoms with Crippen LogP contribution in [0.5, 0.6) is 0 Å². The van der Waals surface area contributed by atoms with Crippen LogP contribution in [0.2, 0.25) is 0 Å². The number of benzene rings is 3. The second kappa shape index (κ2) is 10.8. The van der Waals surface area contributed by atoms with E-state index in [1.165, 1.54) is 11.3 Å². The number of thiol groups is 1. The molecule has 0 fully saturated rings. The first kappa shape index (κ1) is 23.2. The van der Waals surface area contributed by atoms with E-state index >= 15 is 0 Å². The van der Waals surface area contributed by atoms with Crippen LogP contribution in [0.4, 0.5) is 10.8 Å². The lowest BCUT2D eigenvalue weighted by Gasteiger charge is -2.16. The van der Waals surface area contributed by atoms with E-state index in [-0.39, 0.29) is 6.04 Å². The van der Waals surface area contributed by atoms with Gasteiger partial charge in [0.25, 0.3) is 0 Å². The van der Waals surface area contributed by atoms with Crippen LogP contribution in [0.1, 0.15) is 17.3 Å². The highest BCUT2D eigenvalue weighted by Crippen LogP contribution is 2.32. The maximum Gasteiger partial charge on any atom is 0.222 e. The smallest absolute Gasteiger partial charge is 0.222 e. The Balaban J connectivity index is 1.41. The van der Waals surface area contributed by atoms with Gasteiger partial charge in [-0.15, -0.1) is 21.5 Å². The predicted octanol–water partition coefficient (Wildman–Crippen LogP) is 5.66. The minimum absolute atomic E-state index is 0.143. The number of rotatable bonds is 9. The first-order valence-corrected chi connectivity index (χ1v) is 13.7. The van der Waals surface area contributed by atoms with Crippen molar-refractivity contribution in [1.29, 1.82) is 0 Å². The molecule has 0 aliphatic carbocycles. The van der Waals surface area contributed by atoms with Gasteiger partial charge in [-0.3, -0.25) is 4.72 Å². The van der Waals surface area contributed by atoms with Crippen LogP contribution in [-0.4, -0.2) is 23.6 Å². The lowest BCUT2D eigenvalue weighted by Crippen LogP contribution is -2.14. The maximum absolute atomic E-state index is 10.9. The second-order valence-corrected chi connectivity index (χ2v) is 10.3. The van der Waals surface area contributed by atoms with E-state index in [0.717, 1.165) is 32.4 Å². The molecule has 0 aliphatic rings. The van der Waals surface area contributed by atoms with Gasteiger partial charge in [0, 0.05) is 22.2 Å². The number of anilines is 2. The van der Waals surface area contributed by atoms with Crippen LogP contribution in [0, 0.1) is 0 Å². The van der Waals surface area contributed by atoms with Gasteiger partial charge in [0.15, 0.2) is 0 Å². The van der Waals surface area contributed by atoms with Gasteiger partial charge in [-0.25, -0.2) is 13.4 Å². The van der Waals surface area contributed by atoms with E-state index in [0.29, 0.717) is 17.2 Å². The highest BCUT2D eigenvalue weighted by Gasteiger charge is 2.19. The molecule has 0 saturated heterocycles. The van der Waals surface area contributed by atoms with Crippen molar-refractivity contribution in [3.8, 4) is 21.1 Å². The third-order valence-corrected chi connectivity index (χ3v) is 7.51. The molecule has 0 unspecified atom stereocenters. The summed E-state index contributed by atoms with van der Waals surface area (Å²) < 4.78 is 24.3. The Bertz CT molecular complexity index is 1460. The summed E-state index contributed by atoms with van der Waals surface area (Å²) in [5.41, 5.74) is 4.58. The highest BCUT2D eigenvalue weighted by molar-refractivity contribution is 7.73. The molecule has 10 heteroatoms. The summed E-state index contributed by atoms with van der Waals surface area (Å²) in [6.07, 6.45) is 0.641. The third-order valence-electron chi connectivity index (χ3n) is 5.26. The van der Waals surface area contributed by atoms with Gasteiger partial charge in [-0.1, -0.05) is 84.1 Å². The van der Waals surface area contributed by atoms with Gasteiger partial charge in [0.05, 0.1) is 11.7 Å². The molecule has 0 amide bonds. The van der Waals surface area contributed by atoms with Crippen molar-refractivity contribution in [1.82, 2.24) is 15.2 Å². The molecule has 176 valence electrons. The second-order valence-electron chi connectivity index (χ2n) is 7.69. The van der Waals surface area contributed by atoms with Crippen LogP contribution < -0.4 is 10.0 Å². The average Bonchev–Trinajstić information content (AvgIpc) is 3.56. The lowest BCUT2D eigenvalue weighted by atomic mass is 10.0. The SMILES string of the molecule is O=[SH](=O)Nc1ccc(C[C@H](Nc2nnc(-c3ccccc3)s2)c2csc(-c3ccccc3)n2)cc1. The van der Waals surface area contributed by atoms with Gasteiger partial charge in [-0.2, -0.15) is 0 Å². The Kier molecular flexibility index (Phi) is 7.12. The van der Waals surface area contributed by atoms with Crippen molar-refractivity contribution in [2.24, 2.45) is 0 Å². The molecule has 0 bridgehead atoms. The molecule has 0 saturated carbocycles. The van der Waals surface area contributed by atoms with Crippen molar-refractivity contribution in [3.05, 3.63) is 102 Å². The summed E-state index contributed by atoms with van der Waals surface area (Å²) in [6.45, 7) is 0. The Labute approximate surface area is 212 Å². The van der Waals surface area contributed by atoms with Crippen LogP contribution in [0.3, 0.4) is 0 Å². The molecule has 5 aromatic rings. The topological polar surface area (TPSA) is 96.9 Å². The van der Waals surface area contributed by atoms with Crippen molar-refractivity contribution >= 4 is 44.4 Å². The number of aromatic nitrogens is 3. The monoisotopic (exact) mass is 519 g/mol. The van der Waals surface area contributed by atoms with Gasteiger partial charge in [0.2, 0.25) is 16.0 Å². The van der Waals surface area contributed by atoms with E-state index in [2.05, 4.69) is 37.7 Å². The number of hydrogen-bond donors (Lipinski definition) is 3. The molecule has 2 aromatic heterocycles. The fourth-order valence-electron chi connectivity index (χ4n) is 3.57. The van der Waals surface area contributed by atoms with Crippen molar-refractivity contribution < 1.29 is 8.42 Å². The van der Waals surface area contributed by atoms with Crippen LogP contribution in [0.15, 0.2) is 90.3 Å². The zero-order valence-corrected chi connectivity index (χ0v) is 20.9. The Morgan fingerprint density at radius 1 is 0.800 bits per heavy atom. The van der Waals surface area contributed by atoms with E-state index < -0.39 is 10.9 Å². The van der Waals surface area contributed by atoms with E-state index in [9.17, 15) is 8.42 Å². The Morgan fingerprint density at radius 3 is 2.11 bits per heavy atom. The maximum atomic E-state index is 10.9. The molecule has 5 rings (SSSR count). The third kappa shape index (κ3) is 5.91. The predicted molar refractivity (Wildman–Crippen MR) is 143 cm³/mol. The number of thiazole rings is 1. The molecule has 7 nitrogen and oxygen atoms in total. The molecule has 35 heavy (non-hydrogen) atoms. The summed E-state index contributed by atoms with van der Waals surface area (Å²) in [5.74, 6) is 0. The highest BCUT2D eigenvalue weighted by atomic mass is 32.2. The summed E-state index contributed by atoms with van der Waals surface area (Å²) >= 11 is 3.10. The molecular weight excluding hydrogens is 499 g/mol. The largest absolute Gasteiger partial charge is 0.351 e.